The van der Waals surface area contributed by atoms with E-state index in [0.29, 0.717) is 6.61 Å². The second-order valence-corrected chi connectivity index (χ2v) is 2.68. The predicted octanol–water partition coefficient (Wildman–Crippen LogP) is 2.27. The quantitative estimate of drug-likeness (QED) is 0.589. The highest BCUT2D eigenvalue weighted by Crippen LogP contribution is 1.92. The normalized spacial score (nSPS) is 7.44. The van der Waals surface area contributed by atoms with Crippen molar-refractivity contribution in [1.82, 2.24) is 0 Å². The monoisotopic (exact) mass is 226 g/mol. The molecule has 0 radical (unpaired) electrons. The van der Waals surface area contributed by atoms with Gasteiger partial charge in [-0.15, -0.1) is 0 Å². The van der Waals surface area contributed by atoms with Gasteiger partial charge in [-0.05, 0) is 13.8 Å². The molecular formula is C12H18O4. The van der Waals surface area contributed by atoms with E-state index in [4.69, 9.17) is 9.90 Å². The Morgan fingerprint density at radius 3 is 1.94 bits per heavy atom. The van der Waals surface area contributed by atoms with Crippen LogP contribution in [0.25, 0.3) is 0 Å². The van der Waals surface area contributed by atoms with Gasteiger partial charge in [-0.2, -0.15) is 0 Å². The van der Waals surface area contributed by atoms with Crippen molar-refractivity contribution in [3.8, 4) is 0 Å². The summed E-state index contributed by atoms with van der Waals surface area (Å²) < 4.78 is 4.40. The first kappa shape index (κ1) is 16.6. The Morgan fingerprint density at radius 1 is 1.38 bits per heavy atom. The van der Waals surface area contributed by atoms with Crippen molar-refractivity contribution in [1.29, 1.82) is 0 Å². The first-order chi connectivity index (χ1) is 7.58. The number of aryl methyl sites for hydroxylation is 1. The molecule has 0 bridgehead atoms. The van der Waals surface area contributed by atoms with Gasteiger partial charge < -0.3 is 9.84 Å². The second kappa shape index (κ2) is 13.2. The summed E-state index contributed by atoms with van der Waals surface area (Å²) in [7, 11) is 0. The third-order valence-corrected chi connectivity index (χ3v) is 1.29. The van der Waals surface area contributed by atoms with Gasteiger partial charge in [0.1, 0.15) is 0 Å². The van der Waals surface area contributed by atoms with Crippen LogP contribution in [0.4, 0.5) is 0 Å². The standard InChI is InChI=1S/C7H8.C4H8O2.CH2O2/c1-7-5-3-2-4-6-7;1-3-6-4(2)5;2-1-3/h2-6H,1H3;3H2,1-2H3;1H,(H,2,3). The van der Waals surface area contributed by atoms with Gasteiger partial charge in [-0.25, -0.2) is 0 Å². The van der Waals surface area contributed by atoms with Crippen molar-refractivity contribution in [3.05, 3.63) is 35.9 Å². The summed E-state index contributed by atoms with van der Waals surface area (Å²) in [6.45, 7) is 5.49. The Kier molecular flexibility index (Phi) is 13.6. The molecule has 0 spiro atoms. The Hall–Kier alpha value is -1.84. The van der Waals surface area contributed by atoms with E-state index in [2.05, 4.69) is 23.8 Å². The van der Waals surface area contributed by atoms with Crippen molar-refractivity contribution in [3.63, 3.8) is 0 Å². The van der Waals surface area contributed by atoms with Crippen LogP contribution >= 0.6 is 0 Å². The maximum atomic E-state index is 9.82. The van der Waals surface area contributed by atoms with E-state index in [-0.39, 0.29) is 12.4 Å². The van der Waals surface area contributed by atoms with E-state index >= 15 is 0 Å². The zero-order valence-corrected chi connectivity index (χ0v) is 9.84. The molecule has 0 aliphatic heterocycles. The minimum Gasteiger partial charge on any atom is -0.483 e. The molecule has 0 unspecified atom stereocenters. The molecular weight excluding hydrogens is 208 g/mol. The third kappa shape index (κ3) is 18.0. The van der Waals surface area contributed by atoms with Gasteiger partial charge in [0, 0.05) is 6.92 Å². The van der Waals surface area contributed by atoms with E-state index in [1.54, 1.807) is 6.92 Å². The van der Waals surface area contributed by atoms with E-state index in [0.717, 1.165) is 0 Å². The average Bonchev–Trinajstić information content (AvgIpc) is 2.20. The van der Waals surface area contributed by atoms with Gasteiger partial charge in [-0.3, -0.25) is 9.59 Å². The SMILES string of the molecule is CCOC(C)=O.Cc1ccccc1.O=CO. The number of carboxylic acid groups (broad SMARTS) is 1. The molecule has 16 heavy (non-hydrogen) atoms. The van der Waals surface area contributed by atoms with E-state index in [1.807, 2.05) is 18.2 Å². The molecule has 1 aromatic rings. The largest absolute Gasteiger partial charge is 0.483 e. The molecule has 1 N–H and O–H groups in total. The molecule has 1 rings (SSSR count). The fourth-order valence-corrected chi connectivity index (χ4v) is 0.738. The Bertz CT molecular complexity index is 270. The van der Waals surface area contributed by atoms with Gasteiger partial charge in [-0.1, -0.05) is 35.9 Å². The predicted molar refractivity (Wildman–Crippen MR) is 62.2 cm³/mol. The highest BCUT2D eigenvalue weighted by molar-refractivity contribution is 5.65. The Balaban J connectivity index is 0. The summed E-state index contributed by atoms with van der Waals surface area (Å²) in [5, 5.41) is 6.89. The summed E-state index contributed by atoms with van der Waals surface area (Å²) in [6, 6.07) is 10.3. The average molecular weight is 226 g/mol. The highest BCUT2D eigenvalue weighted by atomic mass is 16.5. The third-order valence-electron chi connectivity index (χ3n) is 1.29. The lowest BCUT2D eigenvalue weighted by atomic mass is 10.2. The summed E-state index contributed by atoms with van der Waals surface area (Å²) >= 11 is 0. The maximum Gasteiger partial charge on any atom is 0.302 e. The van der Waals surface area contributed by atoms with Gasteiger partial charge in [0.05, 0.1) is 6.61 Å². The molecule has 0 heterocycles. The summed E-state index contributed by atoms with van der Waals surface area (Å²) in [4.78, 5) is 18.2. The summed E-state index contributed by atoms with van der Waals surface area (Å²) in [5.74, 6) is -0.211. The van der Waals surface area contributed by atoms with Crippen LogP contribution in [0.5, 0.6) is 0 Å². The number of hydrogen-bond acceptors (Lipinski definition) is 3. The van der Waals surface area contributed by atoms with Crippen LogP contribution in [0.3, 0.4) is 0 Å². The van der Waals surface area contributed by atoms with Crippen LogP contribution < -0.4 is 0 Å². The number of carbonyl (C=O) groups is 2. The lowest BCUT2D eigenvalue weighted by molar-refractivity contribution is -0.140. The second-order valence-electron chi connectivity index (χ2n) is 2.68. The number of esters is 1. The molecule has 0 aliphatic rings. The molecule has 0 aliphatic carbocycles. The highest BCUT2D eigenvalue weighted by Gasteiger charge is 1.81. The van der Waals surface area contributed by atoms with Crippen molar-refractivity contribution in [2.45, 2.75) is 20.8 Å². The smallest absolute Gasteiger partial charge is 0.302 e. The molecule has 4 nitrogen and oxygen atoms in total. The van der Waals surface area contributed by atoms with E-state index in [1.165, 1.54) is 12.5 Å². The zero-order valence-electron chi connectivity index (χ0n) is 9.84. The van der Waals surface area contributed by atoms with Gasteiger partial charge in [0.25, 0.3) is 6.47 Å². The molecule has 0 amide bonds. The lowest BCUT2D eigenvalue weighted by Crippen LogP contribution is -1.95. The van der Waals surface area contributed by atoms with Crippen molar-refractivity contribution < 1.29 is 19.4 Å². The molecule has 0 aromatic heterocycles. The van der Waals surface area contributed by atoms with Gasteiger partial charge in [0.2, 0.25) is 0 Å². The van der Waals surface area contributed by atoms with Crippen LogP contribution in [-0.4, -0.2) is 24.2 Å². The Labute approximate surface area is 95.9 Å². The lowest BCUT2D eigenvalue weighted by Gasteiger charge is -1.89. The molecule has 0 fully saturated rings. The minimum atomic E-state index is -0.250. The molecule has 1 aromatic carbocycles. The van der Waals surface area contributed by atoms with Crippen LogP contribution in [0.1, 0.15) is 19.4 Å². The zero-order chi connectivity index (χ0) is 12.8. The molecule has 90 valence electrons. The topological polar surface area (TPSA) is 63.6 Å². The fraction of sp³-hybridized carbons (Fsp3) is 0.333. The van der Waals surface area contributed by atoms with E-state index < -0.39 is 0 Å². The number of benzene rings is 1. The van der Waals surface area contributed by atoms with Crippen molar-refractivity contribution >= 4 is 12.4 Å². The van der Waals surface area contributed by atoms with Gasteiger partial charge in [0.15, 0.2) is 0 Å². The van der Waals surface area contributed by atoms with Crippen molar-refractivity contribution in [2.75, 3.05) is 6.61 Å². The van der Waals surface area contributed by atoms with Crippen molar-refractivity contribution in [2.24, 2.45) is 0 Å². The first-order valence-corrected chi connectivity index (χ1v) is 4.81. The van der Waals surface area contributed by atoms with Crippen LogP contribution in [0, 0.1) is 6.92 Å². The minimum absolute atomic E-state index is 0.211. The van der Waals surface area contributed by atoms with Crippen LogP contribution in [0.2, 0.25) is 0 Å². The molecule has 0 atom stereocenters. The Morgan fingerprint density at radius 2 is 1.81 bits per heavy atom. The number of carbonyl (C=O) groups excluding carboxylic acids is 1. The van der Waals surface area contributed by atoms with Crippen LogP contribution in [-0.2, 0) is 14.3 Å². The number of ether oxygens (including phenoxy) is 1. The summed E-state index contributed by atoms with van der Waals surface area (Å²) in [6.07, 6.45) is 0. The molecule has 0 saturated carbocycles. The van der Waals surface area contributed by atoms with E-state index in [9.17, 15) is 4.79 Å². The van der Waals surface area contributed by atoms with Crippen LogP contribution in [0.15, 0.2) is 30.3 Å². The number of hydrogen-bond donors (Lipinski definition) is 1. The first-order valence-electron chi connectivity index (χ1n) is 4.81. The van der Waals surface area contributed by atoms with Gasteiger partial charge >= 0.3 is 5.97 Å². The number of rotatable bonds is 1. The molecule has 4 heteroatoms. The summed E-state index contributed by atoms with van der Waals surface area (Å²) in [5.41, 5.74) is 1.32. The fourth-order valence-electron chi connectivity index (χ4n) is 0.738. The maximum absolute atomic E-state index is 9.82. The molecule has 0 saturated heterocycles.